The highest BCUT2D eigenvalue weighted by Gasteiger charge is 2.04. The van der Waals surface area contributed by atoms with Gasteiger partial charge in [-0.3, -0.25) is 4.68 Å². The average molecular weight is 237 g/mol. The van der Waals surface area contributed by atoms with Crippen molar-refractivity contribution < 1.29 is 0 Å². The zero-order valence-corrected chi connectivity index (χ0v) is 9.99. The van der Waals surface area contributed by atoms with E-state index in [0.717, 1.165) is 17.1 Å². The summed E-state index contributed by atoms with van der Waals surface area (Å²) < 4.78 is 1.87. The van der Waals surface area contributed by atoms with Gasteiger partial charge in [-0.2, -0.15) is 5.10 Å². The summed E-state index contributed by atoms with van der Waals surface area (Å²) in [7, 11) is 1.85. The Morgan fingerprint density at radius 2 is 2.31 bits per heavy atom. The summed E-state index contributed by atoms with van der Waals surface area (Å²) in [4.78, 5) is 4.16. The van der Waals surface area contributed by atoms with Crippen LogP contribution in [0.25, 0.3) is 0 Å². The third-order valence-electron chi connectivity index (χ3n) is 2.46. The van der Waals surface area contributed by atoms with Gasteiger partial charge in [0, 0.05) is 13.2 Å². The summed E-state index contributed by atoms with van der Waals surface area (Å²) in [5.41, 5.74) is 2.12. The van der Waals surface area contributed by atoms with E-state index in [-0.39, 0.29) is 0 Å². The van der Waals surface area contributed by atoms with Crippen molar-refractivity contribution in [1.29, 1.82) is 0 Å². The van der Waals surface area contributed by atoms with E-state index in [9.17, 15) is 0 Å². The van der Waals surface area contributed by atoms with E-state index >= 15 is 0 Å². The van der Waals surface area contributed by atoms with Gasteiger partial charge in [0.2, 0.25) is 0 Å². The Labute approximate surface area is 99.3 Å². The molecule has 0 atom stereocenters. The third-order valence-corrected chi connectivity index (χ3v) is 2.83. The lowest BCUT2D eigenvalue weighted by Crippen LogP contribution is -2.04. The number of pyridine rings is 1. The second kappa shape index (κ2) is 4.53. The standard InChI is InChI=1S/C11H13ClN4/c1-8-10(12)6-15-16(8)7-9-3-4-14-11(5-9)13-2/h3-6H,7H2,1-2H3,(H,13,14). The van der Waals surface area contributed by atoms with Gasteiger partial charge in [-0.1, -0.05) is 11.6 Å². The molecule has 5 heteroatoms. The minimum Gasteiger partial charge on any atom is -0.373 e. The van der Waals surface area contributed by atoms with Crippen molar-refractivity contribution >= 4 is 17.4 Å². The molecule has 0 saturated carbocycles. The van der Waals surface area contributed by atoms with Crippen LogP contribution in [0.5, 0.6) is 0 Å². The largest absolute Gasteiger partial charge is 0.373 e. The fourth-order valence-electron chi connectivity index (χ4n) is 1.47. The number of hydrogen-bond donors (Lipinski definition) is 1. The molecule has 16 heavy (non-hydrogen) atoms. The van der Waals surface area contributed by atoms with Gasteiger partial charge in [0.1, 0.15) is 5.82 Å². The Kier molecular flexibility index (Phi) is 3.10. The number of anilines is 1. The predicted molar refractivity (Wildman–Crippen MR) is 64.9 cm³/mol. The number of hydrogen-bond acceptors (Lipinski definition) is 3. The van der Waals surface area contributed by atoms with Gasteiger partial charge in [0.15, 0.2) is 0 Å². The van der Waals surface area contributed by atoms with Crippen molar-refractivity contribution in [3.05, 3.63) is 40.8 Å². The van der Waals surface area contributed by atoms with Crippen molar-refractivity contribution in [2.75, 3.05) is 12.4 Å². The van der Waals surface area contributed by atoms with Crippen LogP contribution in [0.3, 0.4) is 0 Å². The first-order chi connectivity index (χ1) is 7.70. The highest BCUT2D eigenvalue weighted by atomic mass is 35.5. The van der Waals surface area contributed by atoms with E-state index < -0.39 is 0 Å². The molecule has 2 rings (SSSR count). The Hall–Kier alpha value is -1.55. The van der Waals surface area contributed by atoms with Crippen molar-refractivity contribution in [3.8, 4) is 0 Å². The van der Waals surface area contributed by atoms with E-state index in [1.807, 2.05) is 30.8 Å². The van der Waals surface area contributed by atoms with Gasteiger partial charge in [0.25, 0.3) is 0 Å². The highest BCUT2D eigenvalue weighted by molar-refractivity contribution is 6.31. The van der Waals surface area contributed by atoms with Crippen LogP contribution in [-0.4, -0.2) is 21.8 Å². The Balaban J connectivity index is 2.23. The van der Waals surface area contributed by atoms with Gasteiger partial charge in [-0.25, -0.2) is 4.98 Å². The fraction of sp³-hybridized carbons (Fsp3) is 0.273. The molecule has 0 fully saturated rings. The Bertz CT molecular complexity index is 492. The van der Waals surface area contributed by atoms with Crippen LogP contribution in [-0.2, 0) is 6.54 Å². The molecule has 0 spiro atoms. The molecule has 4 nitrogen and oxygen atoms in total. The smallest absolute Gasteiger partial charge is 0.125 e. The molecule has 2 heterocycles. The second-order valence-electron chi connectivity index (χ2n) is 3.53. The molecule has 0 bridgehead atoms. The molecular weight excluding hydrogens is 224 g/mol. The number of rotatable bonds is 3. The highest BCUT2D eigenvalue weighted by Crippen LogP contribution is 2.15. The van der Waals surface area contributed by atoms with Crippen LogP contribution < -0.4 is 5.32 Å². The first-order valence-electron chi connectivity index (χ1n) is 5.01. The molecule has 0 aliphatic heterocycles. The molecule has 0 aliphatic rings. The summed E-state index contributed by atoms with van der Waals surface area (Å²) in [5, 5.41) is 7.91. The minimum atomic E-state index is 0.697. The van der Waals surface area contributed by atoms with Crippen molar-refractivity contribution in [1.82, 2.24) is 14.8 Å². The number of nitrogens with one attached hydrogen (secondary N) is 1. The summed E-state index contributed by atoms with van der Waals surface area (Å²) in [6.07, 6.45) is 3.44. The third kappa shape index (κ3) is 2.17. The summed E-state index contributed by atoms with van der Waals surface area (Å²) >= 11 is 5.95. The average Bonchev–Trinajstić information content (AvgIpc) is 2.61. The van der Waals surface area contributed by atoms with Crippen LogP contribution in [0.1, 0.15) is 11.3 Å². The van der Waals surface area contributed by atoms with E-state index in [2.05, 4.69) is 15.4 Å². The van der Waals surface area contributed by atoms with Crippen molar-refractivity contribution in [2.45, 2.75) is 13.5 Å². The number of aromatic nitrogens is 3. The van der Waals surface area contributed by atoms with E-state index in [1.165, 1.54) is 0 Å². The van der Waals surface area contributed by atoms with Crippen molar-refractivity contribution in [3.63, 3.8) is 0 Å². The minimum absolute atomic E-state index is 0.697. The number of nitrogens with zero attached hydrogens (tertiary/aromatic N) is 3. The van der Waals surface area contributed by atoms with Crippen LogP contribution in [0, 0.1) is 6.92 Å². The quantitative estimate of drug-likeness (QED) is 0.890. The zero-order valence-electron chi connectivity index (χ0n) is 9.24. The van der Waals surface area contributed by atoms with Crippen LogP contribution >= 0.6 is 11.6 Å². The van der Waals surface area contributed by atoms with E-state index in [4.69, 9.17) is 11.6 Å². The fourth-order valence-corrected chi connectivity index (χ4v) is 1.61. The van der Waals surface area contributed by atoms with Gasteiger partial charge < -0.3 is 5.32 Å². The van der Waals surface area contributed by atoms with Gasteiger partial charge in [-0.15, -0.1) is 0 Å². The summed E-state index contributed by atoms with van der Waals surface area (Å²) in [5.74, 6) is 0.855. The van der Waals surface area contributed by atoms with Gasteiger partial charge in [0.05, 0.1) is 23.5 Å². The molecule has 0 aliphatic carbocycles. The topological polar surface area (TPSA) is 42.7 Å². The molecular formula is C11H13ClN4. The molecule has 1 N–H and O–H groups in total. The monoisotopic (exact) mass is 236 g/mol. The first-order valence-corrected chi connectivity index (χ1v) is 5.39. The summed E-state index contributed by atoms with van der Waals surface area (Å²) in [6, 6.07) is 3.96. The maximum Gasteiger partial charge on any atom is 0.125 e. The Morgan fingerprint density at radius 3 is 2.94 bits per heavy atom. The molecule has 0 unspecified atom stereocenters. The predicted octanol–water partition coefficient (Wildman–Crippen LogP) is 2.33. The Morgan fingerprint density at radius 1 is 1.50 bits per heavy atom. The van der Waals surface area contributed by atoms with Crippen molar-refractivity contribution in [2.24, 2.45) is 0 Å². The lowest BCUT2D eigenvalue weighted by atomic mass is 10.2. The van der Waals surface area contributed by atoms with Crippen LogP contribution in [0.4, 0.5) is 5.82 Å². The molecule has 84 valence electrons. The number of halogens is 1. The van der Waals surface area contributed by atoms with Gasteiger partial charge in [-0.05, 0) is 24.6 Å². The maximum absolute atomic E-state index is 5.95. The maximum atomic E-state index is 5.95. The lowest BCUT2D eigenvalue weighted by Gasteiger charge is -2.06. The second-order valence-corrected chi connectivity index (χ2v) is 3.94. The molecule has 2 aromatic heterocycles. The summed E-state index contributed by atoms with van der Waals surface area (Å²) in [6.45, 7) is 2.66. The van der Waals surface area contributed by atoms with E-state index in [0.29, 0.717) is 11.6 Å². The van der Waals surface area contributed by atoms with Gasteiger partial charge >= 0.3 is 0 Å². The lowest BCUT2D eigenvalue weighted by molar-refractivity contribution is 0.665. The molecule has 0 saturated heterocycles. The SMILES string of the molecule is CNc1cc(Cn2ncc(Cl)c2C)ccn1. The molecule has 0 radical (unpaired) electrons. The first kappa shape index (κ1) is 11.0. The molecule has 0 aromatic carbocycles. The van der Waals surface area contributed by atoms with E-state index in [1.54, 1.807) is 12.4 Å². The van der Waals surface area contributed by atoms with Crippen LogP contribution in [0.2, 0.25) is 5.02 Å². The molecule has 0 amide bonds. The molecule has 2 aromatic rings. The normalized spacial score (nSPS) is 10.4. The zero-order chi connectivity index (χ0) is 11.5. The van der Waals surface area contributed by atoms with Crippen LogP contribution in [0.15, 0.2) is 24.5 Å².